The smallest absolute Gasteiger partial charge is 0.302 e. The van der Waals surface area contributed by atoms with Crippen LogP contribution in [0.2, 0.25) is 0 Å². The molecule has 4 nitrogen and oxygen atoms in total. The Hall–Kier alpha value is -2.01. The Bertz CT molecular complexity index is 592. The summed E-state index contributed by atoms with van der Waals surface area (Å²) in [7, 11) is 0. The zero-order valence-corrected chi connectivity index (χ0v) is 12.1. The third kappa shape index (κ3) is 3.99. The van der Waals surface area contributed by atoms with Gasteiger partial charge in [-0.05, 0) is 0 Å². The first-order chi connectivity index (χ1) is 9.66. The van der Waals surface area contributed by atoms with Crippen LogP contribution in [0, 0.1) is 0 Å². The minimum Gasteiger partial charge on any atom is -0.465 e. The lowest BCUT2D eigenvalue weighted by Gasteiger charge is -2.00. The second-order valence-corrected chi connectivity index (χ2v) is 5.28. The molecule has 0 unspecified atom stereocenters. The molecule has 0 bridgehead atoms. The minimum atomic E-state index is -0.284. The number of hydrogen-bond donors (Lipinski definition) is 0. The number of benzene rings is 1. The third-order valence-corrected chi connectivity index (χ3v) is 3.76. The van der Waals surface area contributed by atoms with E-state index in [9.17, 15) is 9.59 Å². The van der Waals surface area contributed by atoms with E-state index in [1.807, 2.05) is 46.5 Å². The van der Waals surface area contributed by atoms with E-state index in [0.717, 1.165) is 5.01 Å². The first-order valence-electron chi connectivity index (χ1n) is 6.34. The molecule has 1 aromatic heterocycles. The highest BCUT2D eigenvalue weighted by atomic mass is 32.1. The number of aromatic nitrogens is 1. The number of carbonyl (C=O) groups excluding carboxylic acids is 2. The van der Waals surface area contributed by atoms with Gasteiger partial charge in [0.2, 0.25) is 17.3 Å². The largest absolute Gasteiger partial charge is 0.465 e. The molecule has 2 aromatic rings. The number of carbonyl (C=O) groups is 2. The minimum absolute atomic E-state index is 0.0720. The molecule has 104 valence electrons. The van der Waals surface area contributed by atoms with Crippen LogP contribution in [-0.2, 0) is 22.5 Å². The maximum absolute atomic E-state index is 12.1. The summed E-state index contributed by atoms with van der Waals surface area (Å²) in [6.07, 6.45) is 2.51. The van der Waals surface area contributed by atoms with Gasteiger partial charge in [0.25, 0.3) is 0 Å². The lowest BCUT2D eigenvalue weighted by Crippen LogP contribution is -2.39. The number of ketones is 1. The van der Waals surface area contributed by atoms with Crippen LogP contribution < -0.4 is 4.57 Å². The van der Waals surface area contributed by atoms with Crippen molar-refractivity contribution in [2.45, 2.75) is 19.9 Å². The molecule has 0 spiro atoms. The molecule has 0 aliphatic heterocycles. The molecule has 0 saturated heterocycles. The Labute approximate surface area is 121 Å². The van der Waals surface area contributed by atoms with E-state index in [1.165, 1.54) is 6.92 Å². The average molecular weight is 290 g/mol. The first kappa shape index (κ1) is 14.4. The Morgan fingerprint density at radius 3 is 2.70 bits per heavy atom. The number of thiazole rings is 1. The number of nitrogens with zero attached hydrogens (tertiary/aromatic N) is 1. The van der Waals surface area contributed by atoms with Crippen molar-refractivity contribution in [2.24, 2.45) is 0 Å². The van der Waals surface area contributed by atoms with Gasteiger partial charge in [0.1, 0.15) is 6.61 Å². The van der Waals surface area contributed by atoms with Gasteiger partial charge in [-0.3, -0.25) is 9.59 Å². The van der Waals surface area contributed by atoms with Crippen LogP contribution in [0.4, 0.5) is 0 Å². The molecule has 0 aliphatic rings. The quantitative estimate of drug-likeness (QED) is 0.464. The van der Waals surface area contributed by atoms with Gasteiger partial charge in [0.15, 0.2) is 6.20 Å². The fraction of sp³-hybridized carbons (Fsp3) is 0.267. The van der Waals surface area contributed by atoms with E-state index in [0.29, 0.717) is 25.1 Å². The molecule has 1 aromatic carbocycles. The Morgan fingerprint density at radius 2 is 2.00 bits per heavy atom. The van der Waals surface area contributed by atoms with Gasteiger partial charge in [-0.15, -0.1) is 0 Å². The fourth-order valence-corrected chi connectivity index (χ4v) is 2.66. The van der Waals surface area contributed by atoms with Gasteiger partial charge in [-0.1, -0.05) is 41.7 Å². The van der Waals surface area contributed by atoms with Gasteiger partial charge >= 0.3 is 5.97 Å². The molecule has 2 rings (SSSR count). The molecule has 5 heteroatoms. The number of Topliss-reactive ketones (excluding diaryl/α,β-unsaturated/α-hetero) is 1. The summed E-state index contributed by atoms with van der Waals surface area (Å²) in [6.45, 7) is 2.04. The van der Waals surface area contributed by atoms with Crippen molar-refractivity contribution in [2.75, 3.05) is 6.61 Å². The van der Waals surface area contributed by atoms with E-state index < -0.39 is 0 Å². The van der Waals surface area contributed by atoms with E-state index in [2.05, 4.69) is 0 Å². The summed E-state index contributed by atoms with van der Waals surface area (Å²) in [5.41, 5.74) is 0.706. The molecule has 0 N–H and O–H groups in total. The zero-order valence-electron chi connectivity index (χ0n) is 11.2. The lowest BCUT2D eigenvalue weighted by atomic mass is 10.1. The van der Waals surface area contributed by atoms with Crippen molar-refractivity contribution >= 4 is 23.1 Å². The van der Waals surface area contributed by atoms with Crippen molar-refractivity contribution in [3.63, 3.8) is 0 Å². The van der Waals surface area contributed by atoms with Crippen LogP contribution in [0.15, 0.2) is 41.9 Å². The highest BCUT2D eigenvalue weighted by molar-refractivity contribution is 7.09. The van der Waals surface area contributed by atoms with E-state index in [1.54, 1.807) is 11.3 Å². The first-order valence-corrected chi connectivity index (χ1v) is 7.22. The normalized spacial score (nSPS) is 10.2. The molecule has 1 heterocycles. The van der Waals surface area contributed by atoms with Crippen LogP contribution in [0.5, 0.6) is 0 Å². The van der Waals surface area contributed by atoms with Crippen LogP contribution >= 0.6 is 11.3 Å². The predicted molar refractivity (Wildman–Crippen MR) is 75.6 cm³/mol. The van der Waals surface area contributed by atoms with Gasteiger partial charge < -0.3 is 4.74 Å². The molecule has 20 heavy (non-hydrogen) atoms. The highest BCUT2D eigenvalue weighted by Crippen LogP contribution is 2.06. The Balaban J connectivity index is 1.98. The number of ether oxygens (including phenoxy) is 1. The maximum atomic E-state index is 12.1. The van der Waals surface area contributed by atoms with Gasteiger partial charge in [-0.2, -0.15) is 4.57 Å². The second-order valence-electron chi connectivity index (χ2n) is 4.30. The molecule has 0 saturated carbocycles. The van der Waals surface area contributed by atoms with E-state index in [4.69, 9.17) is 4.74 Å². The Kier molecular flexibility index (Phi) is 5.01. The molecule has 0 fully saturated rings. The van der Waals surface area contributed by atoms with Crippen molar-refractivity contribution < 1.29 is 18.9 Å². The van der Waals surface area contributed by atoms with E-state index in [-0.39, 0.29) is 11.8 Å². The number of hydrogen-bond acceptors (Lipinski definition) is 4. The molecule has 0 amide bonds. The predicted octanol–water partition coefficient (Wildman–Crippen LogP) is 2.02. The fourth-order valence-electron chi connectivity index (χ4n) is 1.83. The van der Waals surface area contributed by atoms with Crippen LogP contribution in [-0.4, -0.2) is 18.4 Å². The summed E-state index contributed by atoms with van der Waals surface area (Å²) in [6, 6.07) is 9.22. The highest BCUT2D eigenvalue weighted by Gasteiger charge is 2.17. The third-order valence-electron chi connectivity index (χ3n) is 2.80. The van der Waals surface area contributed by atoms with Gasteiger partial charge in [-0.25, -0.2) is 0 Å². The van der Waals surface area contributed by atoms with Crippen LogP contribution in [0.1, 0.15) is 22.3 Å². The monoisotopic (exact) mass is 290 g/mol. The molecule has 0 atom stereocenters. The number of esters is 1. The van der Waals surface area contributed by atoms with Crippen molar-refractivity contribution in [3.05, 3.63) is 52.5 Å². The standard InChI is InChI=1S/C15H16NO3S/c1-12(17)19-9-7-15-16(8-10-20-15)11-14(18)13-5-3-2-4-6-13/h2-6,8,10H,7,9,11H2,1H3/q+1. The van der Waals surface area contributed by atoms with E-state index >= 15 is 0 Å². The zero-order chi connectivity index (χ0) is 14.4. The maximum Gasteiger partial charge on any atom is 0.302 e. The van der Waals surface area contributed by atoms with Gasteiger partial charge in [0.05, 0.1) is 11.8 Å². The van der Waals surface area contributed by atoms with Gasteiger partial charge in [0, 0.05) is 12.5 Å². The van der Waals surface area contributed by atoms with Crippen molar-refractivity contribution in [1.82, 2.24) is 0 Å². The van der Waals surface area contributed by atoms with Crippen molar-refractivity contribution in [1.29, 1.82) is 0 Å². The summed E-state index contributed by atoms with van der Waals surface area (Å²) < 4.78 is 6.84. The molecular formula is C15H16NO3S+. The van der Waals surface area contributed by atoms with Crippen LogP contribution in [0.3, 0.4) is 0 Å². The SMILES string of the molecule is CC(=O)OCCc1scc[n+]1CC(=O)c1ccccc1. The summed E-state index contributed by atoms with van der Waals surface area (Å²) in [4.78, 5) is 22.9. The Morgan fingerprint density at radius 1 is 1.25 bits per heavy atom. The summed E-state index contributed by atoms with van der Waals surface area (Å²) >= 11 is 1.56. The lowest BCUT2D eigenvalue weighted by molar-refractivity contribution is -0.685. The molecule has 0 radical (unpaired) electrons. The van der Waals surface area contributed by atoms with Crippen LogP contribution in [0.25, 0.3) is 0 Å². The average Bonchev–Trinajstić information content (AvgIpc) is 2.87. The molecule has 0 aliphatic carbocycles. The second kappa shape index (κ2) is 6.96. The molecular weight excluding hydrogens is 274 g/mol. The van der Waals surface area contributed by atoms with Crippen molar-refractivity contribution in [3.8, 4) is 0 Å². The number of rotatable bonds is 6. The summed E-state index contributed by atoms with van der Waals surface area (Å²) in [5, 5.41) is 2.96. The summed E-state index contributed by atoms with van der Waals surface area (Å²) in [5.74, 6) is -0.212. The topological polar surface area (TPSA) is 47.2 Å².